The minimum atomic E-state index is 0.649. The van der Waals surface area contributed by atoms with E-state index in [9.17, 15) is 0 Å². The number of alkyl halides is 1. The van der Waals surface area contributed by atoms with Gasteiger partial charge in [0.05, 0.1) is 0 Å². The summed E-state index contributed by atoms with van der Waals surface area (Å²) >= 11 is 7.30. The second-order valence-electron chi connectivity index (χ2n) is 3.71. The lowest BCUT2D eigenvalue weighted by molar-refractivity contribution is 1.05. The largest absolute Gasteiger partial charge is 0.340 e. The molecule has 1 heterocycles. The van der Waals surface area contributed by atoms with E-state index in [4.69, 9.17) is 11.6 Å². The zero-order valence-corrected chi connectivity index (χ0v) is 11.6. The Morgan fingerprint density at radius 3 is 2.67 bits per heavy atom. The van der Waals surface area contributed by atoms with Crippen molar-refractivity contribution in [3.05, 3.63) is 42.2 Å². The molecule has 1 N–H and O–H groups in total. The third kappa shape index (κ3) is 3.62. The van der Waals surface area contributed by atoms with Crippen molar-refractivity contribution in [2.24, 2.45) is 0 Å². The van der Waals surface area contributed by atoms with Crippen LogP contribution in [-0.2, 0) is 6.42 Å². The minimum absolute atomic E-state index is 0.649. The monoisotopic (exact) mass is 279 g/mol. The van der Waals surface area contributed by atoms with Gasteiger partial charge in [0.25, 0.3) is 0 Å². The molecule has 0 spiro atoms. The Labute approximate surface area is 116 Å². The van der Waals surface area contributed by atoms with Gasteiger partial charge in [-0.2, -0.15) is 0 Å². The van der Waals surface area contributed by atoms with Crippen LogP contribution in [0.3, 0.4) is 0 Å². The van der Waals surface area contributed by atoms with Gasteiger partial charge in [0.15, 0.2) is 0 Å². The maximum Gasteiger partial charge on any atom is 0.134 e. The van der Waals surface area contributed by atoms with Crippen molar-refractivity contribution in [2.45, 2.75) is 11.4 Å². The van der Waals surface area contributed by atoms with Crippen molar-refractivity contribution in [3.8, 4) is 0 Å². The van der Waals surface area contributed by atoms with Crippen LogP contribution in [0, 0.1) is 0 Å². The molecule has 94 valence electrons. The fourth-order valence-electron chi connectivity index (χ4n) is 1.53. The van der Waals surface area contributed by atoms with Crippen molar-refractivity contribution in [1.29, 1.82) is 0 Å². The third-order valence-electron chi connectivity index (χ3n) is 2.46. The van der Waals surface area contributed by atoms with E-state index < -0.39 is 0 Å². The molecule has 1 aromatic carbocycles. The zero-order valence-electron chi connectivity index (χ0n) is 10.1. The third-order valence-corrected chi connectivity index (χ3v) is 3.29. The highest BCUT2D eigenvalue weighted by atomic mass is 35.5. The van der Waals surface area contributed by atoms with Gasteiger partial charge in [0.1, 0.15) is 17.2 Å². The van der Waals surface area contributed by atoms with E-state index in [2.05, 4.69) is 27.4 Å². The lowest BCUT2D eigenvalue weighted by atomic mass is 10.1. The van der Waals surface area contributed by atoms with Crippen LogP contribution in [0.4, 0.5) is 11.5 Å². The van der Waals surface area contributed by atoms with Crippen LogP contribution in [0.15, 0.2) is 41.7 Å². The van der Waals surface area contributed by atoms with Gasteiger partial charge in [-0.25, -0.2) is 9.97 Å². The lowest BCUT2D eigenvalue weighted by Gasteiger charge is -2.07. The lowest BCUT2D eigenvalue weighted by Crippen LogP contribution is -1.95. The number of halogens is 1. The van der Waals surface area contributed by atoms with Gasteiger partial charge in [-0.05, 0) is 30.4 Å². The van der Waals surface area contributed by atoms with E-state index in [1.807, 2.05) is 24.5 Å². The highest BCUT2D eigenvalue weighted by Crippen LogP contribution is 2.18. The van der Waals surface area contributed by atoms with Crippen LogP contribution in [0.2, 0.25) is 0 Å². The van der Waals surface area contributed by atoms with E-state index in [-0.39, 0.29) is 0 Å². The molecule has 0 aliphatic carbocycles. The topological polar surface area (TPSA) is 37.8 Å². The molecule has 2 aromatic rings. The number of rotatable bonds is 5. The molecule has 3 nitrogen and oxygen atoms in total. The summed E-state index contributed by atoms with van der Waals surface area (Å²) in [5.41, 5.74) is 2.25. The summed E-state index contributed by atoms with van der Waals surface area (Å²) in [7, 11) is 0. The first kappa shape index (κ1) is 13.2. The van der Waals surface area contributed by atoms with Crippen LogP contribution < -0.4 is 5.32 Å². The molecule has 0 saturated heterocycles. The van der Waals surface area contributed by atoms with Crippen LogP contribution in [0.25, 0.3) is 0 Å². The number of hydrogen-bond acceptors (Lipinski definition) is 4. The summed E-state index contributed by atoms with van der Waals surface area (Å²) in [6, 6.07) is 10.1. The molecule has 0 aliphatic rings. The summed E-state index contributed by atoms with van der Waals surface area (Å²) in [5.74, 6) is 1.45. The molecule has 18 heavy (non-hydrogen) atoms. The molecule has 1 aromatic heterocycles. The number of nitrogens with zero attached hydrogens (tertiary/aromatic N) is 2. The average molecular weight is 280 g/mol. The predicted octanol–water partition coefficient (Wildman–Crippen LogP) is 3.72. The molecule has 0 bridgehead atoms. The van der Waals surface area contributed by atoms with Gasteiger partial charge in [-0.3, -0.25) is 0 Å². The van der Waals surface area contributed by atoms with Crippen molar-refractivity contribution in [2.75, 3.05) is 17.5 Å². The van der Waals surface area contributed by atoms with Crippen LogP contribution in [0.1, 0.15) is 5.56 Å². The van der Waals surface area contributed by atoms with Crippen LogP contribution in [-0.4, -0.2) is 22.1 Å². The first-order valence-corrected chi connectivity index (χ1v) is 7.35. The molecule has 0 amide bonds. The standard InChI is InChI=1S/C13H14ClN3S/c1-18-13-8-12(15-9-16-13)17-11-4-2-10(3-5-11)6-7-14/h2-5,8-9H,6-7H2,1H3,(H,15,16,17). The molecular formula is C13H14ClN3S. The number of nitrogens with one attached hydrogen (secondary N) is 1. The Morgan fingerprint density at radius 1 is 1.22 bits per heavy atom. The number of hydrogen-bond donors (Lipinski definition) is 1. The summed E-state index contributed by atoms with van der Waals surface area (Å²) < 4.78 is 0. The zero-order chi connectivity index (χ0) is 12.8. The van der Waals surface area contributed by atoms with E-state index in [0.29, 0.717) is 5.88 Å². The first-order chi connectivity index (χ1) is 8.81. The Morgan fingerprint density at radius 2 is 2.00 bits per heavy atom. The maximum absolute atomic E-state index is 5.70. The molecule has 2 rings (SSSR count). The molecule has 0 fully saturated rings. The molecular weight excluding hydrogens is 266 g/mol. The number of anilines is 2. The Bertz CT molecular complexity index is 502. The molecule has 0 unspecified atom stereocenters. The van der Waals surface area contributed by atoms with E-state index >= 15 is 0 Å². The van der Waals surface area contributed by atoms with Gasteiger partial charge < -0.3 is 5.32 Å². The van der Waals surface area contributed by atoms with Gasteiger partial charge >= 0.3 is 0 Å². The summed E-state index contributed by atoms with van der Waals surface area (Å²) in [4.78, 5) is 8.32. The number of aryl methyl sites for hydroxylation is 1. The highest BCUT2D eigenvalue weighted by Gasteiger charge is 1.99. The average Bonchev–Trinajstić information content (AvgIpc) is 2.42. The SMILES string of the molecule is CSc1cc(Nc2ccc(CCCl)cc2)ncn1. The smallest absolute Gasteiger partial charge is 0.134 e. The maximum atomic E-state index is 5.70. The Balaban J connectivity index is 2.08. The fourth-order valence-corrected chi connectivity index (χ4v) is 2.13. The van der Waals surface area contributed by atoms with Gasteiger partial charge in [0.2, 0.25) is 0 Å². The summed E-state index contributed by atoms with van der Waals surface area (Å²) in [6.07, 6.45) is 4.45. The molecule has 0 saturated carbocycles. The van der Waals surface area contributed by atoms with Crippen molar-refractivity contribution in [3.63, 3.8) is 0 Å². The Hall–Kier alpha value is -1.26. The summed E-state index contributed by atoms with van der Waals surface area (Å²) in [6.45, 7) is 0. The Kier molecular flexibility index (Phi) is 4.84. The number of thioether (sulfide) groups is 1. The minimum Gasteiger partial charge on any atom is -0.340 e. The second-order valence-corrected chi connectivity index (χ2v) is 4.91. The predicted molar refractivity (Wildman–Crippen MR) is 78.0 cm³/mol. The first-order valence-electron chi connectivity index (χ1n) is 5.60. The van der Waals surface area contributed by atoms with Crippen molar-refractivity contribution in [1.82, 2.24) is 9.97 Å². The summed E-state index contributed by atoms with van der Waals surface area (Å²) in [5, 5.41) is 4.20. The van der Waals surface area contributed by atoms with Crippen molar-refractivity contribution >= 4 is 34.9 Å². The molecule has 0 radical (unpaired) electrons. The quantitative estimate of drug-likeness (QED) is 0.514. The second kappa shape index (κ2) is 6.61. The molecule has 0 aliphatic heterocycles. The van der Waals surface area contributed by atoms with E-state index in [0.717, 1.165) is 23.0 Å². The van der Waals surface area contributed by atoms with Gasteiger partial charge in [0, 0.05) is 17.6 Å². The number of aromatic nitrogens is 2. The van der Waals surface area contributed by atoms with Gasteiger partial charge in [-0.1, -0.05) is 12.1 Å². The normalized spacial score (nSPS) is 10.3. The van der Waals surface area contributed by atoms with E-state index in [1.54, 1.807) is 18.1 Å². The molecule has 0 atom stereocenters. The highest BCUT2D eigenvalue weighted by molar-refractivity contribution is 7.98. The van der Waals surface area contributed by atoms with Crippen LogP contribution >= 0.6 is 23.4 Å². The van der Waals surface area contributed by atoms with Gasteiger partial charge in [-0.15, -0.1) is 23.4 Å². The van der Waals surface area contributed by atoms with Crippen molar-refractivity contribution < 1.29 is 0 Å². The molecule has 5 heteroatoms. The van der Waals surface area contributed by atoms with E-state index in [1.165, 1.54) is 5.56 Å². The fraction of sp³-hybridized carbons (Fsp3) is 0.231. The number of benzene rings is 1. The van der Waals surface area contributed by atoms with Crippen LogP contribution in [0.5, 0.6) is 0 Å².